The molecule has 3 rings (SSSR count). The minimum Gasteiger partial charge on any atom is -0.338 e. The molecule has 1 N–H and O–H groups in total. The second-order valence-electron chi connectivity index (χ2n) is 5.94. The van der Waals surface area contributed by atoms with Crippen LogP contribution in [0, 0.1) is 11.8 Å². The SMILES string of the molecule is CCC(C)NCc1nc(C(C2CC2)C2CC2)no1. The standard InChI is InChI=1S/C14H23N3O/c1-3-9(2)15-8-12-16-14(17-18-12)13(10-4-5-10)11-6-7-11/h9-11,13,15H,3-8H2,1-2H3. The third-order valence-electron chi connectivity index (χ3n) is 4.26. The van der Waals surface area contributed by atoms with E-state index in [1.807, 2.05) is 0 Å². The number of aromatic nitrogens is 2. The summed E-state index contributed by atoms with van der Waals surface area (Å²) in [5.74, 6) is 3.99. The third-order valence-corrected chi connectivity index (χ3v) is 4.26. The van der Waals surface area contributed by atoms with Crippen molar-refractivity contribution in [2.45, 2.75) is 64.5 Å². The van der Waals surface area contributed by atoms with E-state index in [0.29, 0.717) is 18.5 Å². The molecule has 0 amide bonds. The Morgan fingerprint density at radius 1 is 1.28 bits per heavy atom. The van der Waals surface area contributed by atoms with Crippen LogP contribution in [0.5, 0.6) is 0 Å². The Morgan fingerprint density at radius 3 is 2.50 bits per heavy atom. The van der Waals surface area contributed by atoms with Gasteiger partial charge in [-0.2, -0.15) is 4.98 Å². The summed E-state index contributed by atoms with van der Waals surface area (Å²) in [7, 11) is 0. The van der Waals surface area contributed by atoms with Gasteiger partial charge in [0.05, 0.1) is 6.54 Å². The average Bonchev–Trinajstić information content (AvgIpc) is 3.28. The van der Waals surface area contributed by atoms with Crippen molar-refractivity contribution in [1.29, 1.82) is 0 Å². The molecule has 1 atom stereocenters. The first-order valence-corrected chi connectivity index (χ1v) is 7.33. The Balaban J connectivity index is 1.61. The first-order valence-electron chi connectivity index (χ1n) is 7.33. The van der Waals surface area contributed by atoms with Crippen LogP contribution in [0.2, 0.25) is 0 Å². The first-order chi connectivity index (χ1) is 8.78. The second kappa shape index (κ2) is 5.00. The molecule has 2 aliphatic carbocycles. The van der Waals surface area contributed by atoms with E-state index in [1.165, 1.54) is 25.7 Å². The Hall–Kier alpha value is -0.900. The molecule has 18 heavy (non-hydrogen) atoms. The third kappa shape index (κ3) is 2.74. The van der Waals surface area contributed by atoms with Gasteiger partial charge >= 0.3 is 0 Å². The van der Waals surface area contributed by atoms with E-state index in [2.05, 4.69) is 29.3 Å². The lowest BCUT2D eigenvalue weighted by Crippen LogP contribution is -2.24. The Bertz CT molecular complexity index is 383. The number of rotatable bonds is 7. The molecule has 0 radical (unpaired) electrons. The fourth-order valence-corrected chi connectivity index (χ4v) is 2.60. The fourth-order valence-electron chi connectivity index (χ4n) is 2.60. The summed E-state index contributed by atoms with van der Waals surface area (Å²) < 4.78 is 5.37. The van der Waals surface area contributed by atoms with Crippen molar-refractivity contribution in [2.75, 3.05) is 0 Å². The zero-order valence-electron chi connectivity index (χ0n) is 11.4. The van der Waals surface area contributed by atoms with Crippen molar-refractivity contribution >= 4 is 0 Å². The molecule has 1 heterocycles. The molecule has 2 fully saturated rings. The van der Waals surface area contributed by atoms with Gasteiger partial charge in [-0.1, -0.05) is 12.1 Å². The second-order valence-corrected chi connectivity index (χ2v) is 5.94. The van der Waals surface area contributed by atoms with Crippen molar-refractivity contribution in [1.82, 2.24) is 15.5 Å². The first kappa shape index (κ1) is 12.2. The minimum atomic E-state index is 0.503. The monoisotopic (exact) mass is 249 g/mol. The summed E-state index contributed by atoms with van der Waals surface area (Å²) in [4.78, 5) is 4.60. The number of hydrogen-bond acceptors (Lipinski definition) is 4. The van der Waals surface area contributed by atoms with Crippen LogP contribution in [-0.2, 0) is 6.54 Å². The van der Waals surface area contributed by atoms with Crippen LogP contribution in [0.3, 0.4) is 0 Å². The van der Waals surface area contributed by atoms with Crippen molar-refractivity contribution < 1.29 is 4.52 Å². The molecule has 0 aromatic carbocycles. The zero-order chi connectivity index (χ0) is 12.5. The summed E-state index contributed by atoms with van der Waals surface area (Å²) in [5, 5.41) is 7.61. The van der Waals surface area contributed by atoms with Crippen LogP contribution in [0.25, 0.3) is 0 Å². The molecular weight excluding hydrogens is 226 g/mol. The molecule has 2 aliphatic rings. The van der Waals surface area contributed by atoms with Gasteiger partial charge < -0.3 is 9.84 Å². The molecule has 1 unspecified atom stereocenters. The molecule has 1 aromatic heterocycles. The maximum absolute atomic E-state index is 5.37. The highest BCUT2D eigenvalue weighted by molar-refractivity contribution is 5.08. The predicted molar refractivity (Wildman–Crippen MR) is 69.1 cm³/mol. The van der Waals surface area contributed by atoms with Gasteiger partial charge in [0.25, 0.3) is 0 Å². The van der Waals surface area contributed by atoms with Crippen LogP contribution in [-0.4, -0.2) is 16.2 Å². The van der Waals surface area contributed by atoms with E-state index in [4.69, 9.17) is 4.52 Å². The lowest BCUT2D eigenvalue weighted by atomic mass is 9.97. The summed E-state index contributed by atoms with van der Waals surface area (Å²) in [5.41, 5.74) is 0. The van der Waals surface area contributed by atoms with Gasteiger partial charge in [-0.15, -0.1) is 0 Å². The van der Waals surface area contributed by atoms with E-state index >= 15 is 0 Å². The lowest BCUT2D eigenvalue weighted by Gasteiger charge is -2.09. The van der Waals surface area contributed by atoms with Crippen LogP contribution < -0.4 is 5.32 Å². The highest BCUT2D eigenvalue weighted by Gasteiger charge is 2.44. The van der Waals surface area contributed by atoms with Gasteiger partial charge in [-0.3, -0.25) is 0 Å². The van der Waals surface area contributed by atoms with Crippen molar-refractivity contribution in [3.8, 4) is 0 Å². The number of hydrogen-bond donors (Lipinski definition) is 1. The molecular formula is C14H23N3O. The van der Waals surface area contributed by atoms with E-state index in [1.54, 1.807) is 0 Å². The molecule has 0 bridgehead atoms. The summed E-state index contributed by atoms with van der Waals surface area (Å²) >= 11 is 0. The number of nitrogens with one attached hydrogen (secondary N) is 1. The van der Waals surface area contributed by atoms with E-state index < -0.39 is 0 Å². The zero-order valence-corrected chi connectivity index (χ0v) is 11.4. The lowest BCUT2D eigenvalue weighted by molar-refractivity contribution is 0.347. The van der Waals surface area contributed by atoms with Gasteiger partial charge in [0.15, 0.2) is 5.82 Å². The number of nitrogens with zero attached hydrogens (tertiary/aromatic N) is 2. The summed E-state index contributed by atoms with van der Waals surface area (Å²) in [6.07, 6.45) is 6.55. The van der Waals surface area contributed by atoms with Crippen molar-refractivity contribution in [3.63, 3.8) is 0 Å². The fraction of sp³-hybridized carbons (Fsp3) is 0.857. The molecule has 100 valence electrons. The van der Waals surface area contributed by atoms with E-state index in [0.717, 1.165) is 30.0 Å². The maximum Gasteiger partial charge on any atom is 0.240 e. The minimum absolute atomic E-state index is 0.503. The average molecular weight is 249 g/mol. The molecule has 4 nitrogen and oxygen atoms in total. The maximum atomic E-state index is 5.37. The smallest absolute Gasteiger partial charge is 0.240 e. The van der Waals surface area contributed by atoms with Gasteiger partial charge in [0, 0.05) is 12.0 Å². The molecule has 0 spiro atoms. The highest BCUT2D eigenvalue weighted by atomic mass is 16.5. The highest BCUT2D eigenvalue weighted by Crippen LogP contribution is 2.53. The van der Waals surface area contributed by atoms with Crippen LogP contribution in [0.15, 0.2) is 4.52 Å². The van der Waals surface area contributed by atoms with Gasteiger partial charge in [0.2, 0.25) is 5.89 Å². The predicted octanol–water partition coefficient (Wildman–Crippen LogP) is 2.86. The van der Waals surface area contributed by atoms with Gasteiger partial charge in [-0.25, -0.2) is 0 Å². The summed E-state index contributed by atoms with van der Waals surface area (Å²) in [6.45, 7) is 5.05. The Labute approximate surface area is 109 Å². The molecule has 2 saturated carbocycles. The molecule has 4 heteroatoms. The van der Waals surface area contributed by atoms with Crippen molar-refractivity contribution in [2.24, 2.45) is 11.8 Å². The quantitative estimate of drug-likeness (QED) is 0.807. The molecule has 0 saturated heterocycles. The molecule has 0 aliphatic heterocycles. The Morgan fingerprint density at radius 2 is 1.94 bits per heavy atom. The largest absolute Gasteiger partial charge is 0.338 e. The van der Waals surface area contributed by atoms with Crippen LogP contribution in [0.1, 0.15) is 63.6 Å². The topological polar surface area (TPSA) is 51.0 Å². The summed E-state index contributed by atoms with van der Waals surface area (Å²) in [6, 6.07) is 0.503. The normalized spacial score (nSPS) is 21.5. The Kier molecular flexibility index (Phi) is 3.37. The van der Waals surface area contributed by atoms with Crippen LogP contribution in [0.4, 0.5) is 0 Å². The molecule has 1 aromatic rings. The van der Waals surface area contributed by atoms with Crippen molar-refractivity contribution in [3.05, 3.63) is 11.7 Å². The van der Waals surface area contributed by atoms with Gasteiger partial charge in [-0.05, 0) is 50.9 Å². The van der Waals surface area contributed by atoms with Crippen LogP contribution >= 0.6 is 0 Å². The van der Waals surface area contributed by atoms with E-state index in [9.17, 15) is 0 Å². The van der Waals surface area contributed by atoms with Gasteiger partial charge in [0.1, 0.15) is 0 Å². The van der Waals surface area contributed by atoms with E-state index in [-0.39, 0.29) is 0 Å².